The zero-order chi connectivity index (χ0) is 14.5. The normalized spacial score (nSPS) is 11.4. The molecule has 0 aliphatic heterocycles. The van der Waals surface area contributed by atoms with Gasteiger partial charge in [-0.2, -0.15) is 0 Å². The molecule has 3 heteroatoms. The van der Waals surface area contributed by atoms with Crippen LogP contribution in [0, 0.1) is 0 Å². The average molecular weight is 272 g/mol. The Balaban J connectivity index is 2.29. The number of furan rings is 1. The summed E-state index contributed by atoms with van der Waals surface area (Å²) >= 11 is 0. The average Bonchev–Trinajstić information content (AvgIpc) is 2.74. The van der Waals surface area contributed by atoms with Crippen LogP contribution in [0.15, 0.2) is 40.8 Å². The Hall–Kier alpha value is -1.58. The fourth-order valence-corrected chi connectivity index (χ4v) is 2.49. The molecule has 2 rings (SSSR count). The van der Waals surface area contributed by atoms with Gasteiger partial charge in [0.1, 0.15) is 11.3 Å². The number of nitrogens with zero attached hydrogens (tertiary/aromatic N) is 1. The molecule has 0 aliphatic carbocycles. The van der Waals surface area contributed by atoms with Gasteiger partial charge in [0.25, 0.3) is 0 Å². The van der Waals surface area contributed by atoms with Crippen LogP contribution in [0.2, 0.25) is 0 Å². The van der Waals surface area contributed by atoms with Gasteiger partial charge in [0.2, 0.25) is 0 Å². The second-order valence-electron chi connectivity index (χ2n) is 5.41. The molecule has 0 radical (unpaired) electrons. The molecule has 1 aromatic heterocycles. The number of likely N-dealkylation sites (N-methyl/N-ethyl adjacent to an activating group) is 1. The monoisotopic (exact) mass is 272 g/mol. The molecule has 2 aromatic rings. The zero-order valence-corrected chi connectivity index (χ0v) is 12.7. The van der Waals surface area contributed by atoms with Gasteiger partial charge < -0.3 is 9.73 Å². The van der Waals surface area contributed by atoms with Crippen LogP contribution in [0.3, 0.4) is 0 Å². The van der Waals surface area contributed by atoms with Crippen LogP contribution < -0.4 is 5.32 Å². The first-order valence-corrected chi connectivity index (χ1v) is 7.14. The lowest BCUT2D eigenvalue weighted by molar-refractivity contribution is 0.351. The van der Waals surface area contributed by atoms with Crippen LogP contribution in [0.25, 0.3) is 11.0 Å². The Labute approximate surface area is 121 Å². The summed E-state index contributed by atoms with van der Waals surface area (Å²) in [6, 6.07) is 8.26. The number of para-hydroxylation sites is 1. The second-order valence-corrected chi connectivity index (χ2v) is 5.41. The van der Waals surface area contributed by atoms with Crippen LogP contribution in [0.4, 0.5) is 0 Å². The maximum atomic E-state index is 6.00. The molecule has 0 aliphatic rings. The molecular formula is C17H24N2O. The van der Waals surface area contributed by atoms with E-state index in [0.717, 1.165) is 37.5 Å². The molecule has 1 aromatic carbocycles. The number of hydrogen-bond acceptors (Lipinski definition) is 3. The molecule has 3 nitrogen and oxygen atoms in total. The summed E-state index contributed by atoms with van der Waals surface area (Å²) in [7, 11) is 2.12. The summed E-state index contributed by atoms with van der Waals surface area (Å²) in [6.07, 6.45) is 0. The SMILES string of the molecule is C=C(C)CN(C)Cc1c(CNCC)oc2ccccc12. The van der Waals surface area contributed by atoms with Crippen molar-refractivity contribution in [2.24, 2.45) is 0 Å². The van der Waals surface area contributed by atoms with Gasteiger partial charge in [-0.15, -0.1) is 0 Å². The molecule has 0 unspecified atom stereocenters. The molecule has 0 atom stereocenters. The highest BCUT2D eigenvalue weighted by Crippen LogP contribution is 2.27. The highest BCUT2D eigenvalue weighted by atomic mass is 16.3. The van der Waals surface area contributed by atoms with Crippen LogP contribution in [-0.2, 0) is 13.1 Å². The van der Waals surface area contributed by atoms with E-state index in [1.165, 1.54) is 16.5 Å². The van der Waals surface area contributed by atoms with Crippen LogP contribution in [-0.4, -0.2) is 25.0 Å². The smallest absolute Gasteiger partial charge is 0.134 e. The summed E-state index contributed by atoms with van der Waals surface area (Å²) in [4.78, 5) is 2.27. The van der Waals surface area contributed by atoms with E-state index in [4.69, 9.17) is 4.42 Å². The molecule has 0 saturated carbocycles. The predicted molar refractivity (Wildman–Crippen MR) is 84.7 cm³/mol. The summed E-state index contributed by atoms with van der Waals surface area (Å²) < 4.78 is 6.00. The maximum Gasteiger partial charge on any atom is 0.134 e. The molecule has 0 bridgehead atoms. The number of fused-ring (bicyclic) bond motifs is 1. The summed E-state index contributed by atoms with van der Waals surface area (Å²) in [5, 5.41) is 4.57. The van der Waals surface area contributed by atoms with Gasteiger partial charge in [0.05, 0.1) is 6.54 Å². The molecule has 1 heterocycles. The fourth-order valence-electron chi connectivity index (χ4n) is 2.49. The predicted octanol–water partition coefficient (Wildman–Crippen LogP) is 3.55. The summed E-state index contributed by atoms with van der Waals surface area (Å²) in [6.45, 7) is 11.7. The van der Waals surface area contributed by atoms with Crippen molar-refractivity contribution < 1.29 is 4.42 Å². The van der Waals surface area contributed by atoms with Crippen LogP contribution in [0.5, 0.6) is 0 Å². The molecule has 20 heavy (non-hydrogen) atoms. The van der Waals surface area contributed by atoms with Gasteiger partial charge in [-0.05, 0) is 26.6 Å². The fraction of sp³-hybridized carbons (Fsp3) is 0.412. The quantitative estimate of drug-likeness (QED) is 0.781. The molecule has 0 fully saturated rings. The Bertz CT molecular complexity index is 586. The lowest BCUT2D eigenvalue weighted by Crippen LogP contribution is -2.21. The molecule has 0 saturated heterocycles. The lowest BCUT2D eigenvalue weighted by atomic mass is 10.1. The van der Waals surface area contributed by atoms with Gasteiger partial charge in [0.15, 0.2) is 0 Å². The number of benzene rings is 1. The van der Waals surface area contributed by atoms with Gasteiger partial charge in [0, 0.05) is 24.0 Å². The Morgan fingerprint density at radius 3 is 2.80 bits per heavy atom. The third-order valence-corrected chi connectivity index (χ3v) is 3.29. The zero-order valence-electron chi connectivity index (χ0n) is 12.7. The first-order valence-electron chi connectivity index (χ1n) is 7.14. The van der Waals surface area contributed by atoms with Gasteiger partial charge in [-0.25, -0.2) is 0 Å². The highest BCUT2D eigenvalue weighted by molar-refractivity contribution is 5.82. The third kappa shape index (κ3) is 3.50. The van der Waals surface area contributed by atoms with Crippen molar-refractivity contribution in [1.29, 1.82) is 0 Å². The van der Waals surface area contributed by atoms with E-state index in [2.05, 4.69) is 49.8 Å². The number of nitrogens with one attached hydrogen (secondary N) is 1. The minimum absolute atomic E-state index is 0.779. The summed E-state index contributed by atoms with van der Waals surface area (Å²) in [5.74, 6) is 1.04. The minimum atomic E-state index is 0.779. The number of rotatable bonds is 7. The van der Waals surface area contributed by atoms with Crippen molar-refractivity contribution in [3.8, 4) is 0 Å². The highest BCUT2D eigenvalue weighted by Gasteiger charge is 2.15. The Morgan fingerprint density at radius 1 is 1.35 bits per heavy atom. The second kappa shape index (κ2) is 6.73. The lowest BCUT2D eigenvalue weighted by Gasteiger charge is -2.16. The number of hydrogen-bond donors (Lipinski definition) is 1. The van der Waals surface area contributed by atoms with E-state index in [-0.39, 0.29) is 0 Å². The van der Waals surface area contributed by atoms with Crippen molar-refractivity contribution in [3.63, 3.8) is 0 Å². The van der Waals surface area contributed by atoms with Gasteiger partial charge in [-0.3, -0.25) is 4.90 Å². The first kappa shape index (κ1) is 14.8. The van der Waals surface area contributed by atoms with E-state index in [9.17, 15) is 0 Å². The maximum absolute atomic E-state index is 6.00. The molecule has 0 spiro atoms. The van der Waals surface area contributed by atoms with Gasteiger partial charge >= 0.3 is 0 Å². The van der Waals surface area contributed by atoms with E-state index < -0.39 is 0 Å². The van der Waals surface area contributed by atoms with Crippen molar-refractivity contribution in [2.75, 3.05) is 20.1 Å². The Morgan fingerprint density at radius 2 is 2.10 bits per heavy atom. The van der Waals surface area contributed by atoms with Crippen molar-refractivity contribution >= 4 is 11.0 Å². The van der Waals surface area contributed by atoms with Crippen LogP contribution >= 0.6 is 0 Å². The minimum Gasteiger partial charge on any atom is -0.459 e. The van der Waals surface area contributed by atoms with Crippen molar-refractivity contribution in [3.05, 3.63) is 47.7 Å². The first-order chi connectivity index (χ1) is 9.61. The molecular weight excluding hydrogens is 248 g/mol. The third-order valence-electron chi connectivity index (χ3n) is 3.29. The van der Waals surface area contributed by atoms with E-state index >= 15 is 0 Å². The topological polar surface area (TPSA) is 28.4 Å². The van der Waals surface area contributed by atoms with E-state index in [0.29, 0.717) is 0 Å². The standard InChI is InChI=1S/C17H24N2O/c1-5-18-10-17-15(12-19(4)11-13(2)3)14-8-6-7-9-16(14)20-17/h6-9,18H,2,5,10-12H2,1,3-4H3. The van der Waals surface area contributed by atoms with Crippen molar-refractivity contribution in [2.45, 2.75) is 26.9 Å². The molecule has 0 amide bonds. The molecule has 108 valence electrons. The largest absolute Gasteiger partial charge is 0.459 e. The van der Waals surface area contributed by atoms with Gasteiger partial charge in [-0.1, -0.05) is 37.3 Å². The van der Waals surface area contributed by atoms with Crippen molar-refractivity contribution in [1.82, 2.24) is 10.2 Å². The van der Waals surface area contributed by atoms with Crippen LogP contribution in [0.1, 0.15) is 25.2 Å². The van der Waals surface area contributed by atoms with E-state index in [1.54, 1.807) is 0 Å². The Kier molecular flexibility index (Phi) is 4.99. The summed E-state index contributed by atoms with van der Waals surface area (Å²) in [5.41, 5.74) is 3.43. The van der Waals surface area contributed by atoms with E-state index in [1.807, 2.05) is 12.1 Å². The molecule has 1 N–H and O–H groups in total.